The number of hydrogen-bond acceptors (Lipinski definition) is 7. The average molecular weight is 530 g/mol. The molecule has 0 spiro atoms. The predicted molar refractivity (Wildman–Crippen MR) is 141 cm³/mol. The molecule has 0 heterocycles. The number of aliphatic hydroxyl groups is 3. The van der Waals surface area contributed by atoms with Gasteiger partial charge in [-0.05, 0) is 110 Å². The lowest BCUT2D eigenvalue weighted by Gasteiger charge is -2.63. The van der Waals surface area contributed by atoms with E-state index in [9.17, 15) is 30.2 Å². The van der Waals surface area contributed by atoms with Gasteiger partial charge in [0.1, 0.15) is 5.75 Å². The van der Waals surface area contributed by atoms with Crippen LogP contribution < -0.4 is 4.74 Å². The zero-order valence-corrected chi connectivity index (χ0v) is 22.8. The van der Waals surface area contributed by atoms with Gasteiger partial charge < -0.3 is 20.1 Å². The van der Waals surface area contributed by atoms with Crippen molar-refractivity contribution in [2.45, 2.75) is 96.9 Å². The van der Waals surface area contributed by atoms with Gasteiger partial charge in [0.25, 0.3) is 5.69 Å². The number of non-ortho nitro benzene ring substituents is 1. The molecule has 5 rings (SSSR count). The highest BCUT2D eigenvalue weighted by Gasteiger charge is 2.65. The van der Waals surface area contributed by atoms with E-state index >= 15 is 0 Å². The lowest BCUT2D eigenvalue weighted by molar-refractivity contribution is -0.384. The molecule has 210 valence electrons. The lowest BCUT2D eigenvalue weighted by atomic mass is 9.43. The van der Waals surface area contributed by atoms with Gasteiger partial charge in [-0.25, -0.2) is 0 Å². The van der Waals surface area contributed by atoms with Gasteiger partial charge in [0, 0.05) is 18.6 Å². The molecule has 1 aromatic rings. The van der Waals surface area contributed by atoms with Gasteiger partial charge in [-0.15, -0.1) is 0 Å². The highest BCUT2D eigenvalue weighted by Crippen LogP contribution is 2.68. The van der Waals surface area contributed by atoms with Gasteiger partial charge in [0.05, 0.1) is 23.2 Å². The second-order valence-corrected chi connectivity index (χ2v) is 13.3. The smallest absolute Gasteiger partial charge is 0.311 e. The summed E-state index contributed by atoms with van der Waals surface area (Å²) >= 11 is 0. The molecule has 38 heavy (non-hydrogen) atoms. The number of nitro benzene ring substituents is 1. The SMILES string of the molecule is CC(CCC(=O)Oc1ccc([N+](=O)[O-])cc1)C1CCC2C3C(O)CC4CC(O)CCC4(C)C3CC(O)C12C. The number of rotatable bonds is 6. The molecule has 0 aromatic heterocycles. The Bertz CT molecular complexity index is 1050. The van der Waals surface area contributed by atoms with Gasteiger partial charge in [0.15, 0.2) is 0 Å². The first-order valence-corrected chi connectivity index (χ1v) is 14.4. The summed E-state index contributed by atoms with van der Waals surface area (Å²) in [6, 6.07) is 5.51. The first kappa shape index (κ1) is 27.5. The molecule has 11 unspecified atom stereocenters. The van der Waals surface area contributed by atoms with Crippen molar-refractivity contribution in [3.63, 3.8) is 0 Å². The standard InChI is InChI=1S/C30H43NO7/c1-17(4-11-27(35)38-21-7-5-19(6-8-21)31(36)37)22-9-10-23-28-24(16-26(34)30(22,23)3)29(2)13-12-20(32)14-18(29)15-25(28)33/h5-8,17-18,20,22-26,28,32-34H,4,9-16H2,1-3H3. The number of ether oxygens (including phenoxy) is 1. The van der Waals surface area contributed by atoms with Crippen LogP contribution in [-0.4, -0.2) is 44.5 Å². The summed E-state index contributed by atoms with van der Waals surface area (Å²) in [5, 5.41) is 44.2. The molecule has 3 N–H and O–H groups in total. The van der Waals surface area contributed by atoms with Crippen LogP contribution in [0.2, 0.25) is 0 Å². The Labute approximate surface area is 224 Å². The van der Waals surface area contributed by atoms with Crippen LogP contribution >= 0.6 is 0 Å². The Morgan fingerprint density at radius 2 is 1.79 bits per heavy atom. The lowest BCUT2D eigenvalue weighted by Crippen LogP contribution is -2.62. The van der Waals surface area contributed by atoms with E-state index < -0.39 is 17.1 Å². The van der Waals surface area contributed by atoms with Crippen LogP contribution in [0.1, 0.15) is 78.6 Å². The maximum absolute atomic E-state index is 12.5. The van der Waals surface area contributed by atoms with Gasteiger partial charge in [-0.1, -0.05) is 20.8 Å². The number of benzene rings is 1. The van der Waals surface area contributed by atoms with Gasteiger partial charge in [-0.2, -0.15) is 0 Å². The van der Waals surface area contributed by atoms with Crippen molar-refractivity contribution in [1.29, 1.82) is 0 Å². The third-order valence-electron chi connectivity index (χ3n) is 11.6. The van der Waals surface area contributed by atoms with Crippen LogP contribution in [0, 0.1) is 56.5 Å². The summed E-state index contributed by atoms with van der Waals surface area (Å²) in [6.07, 6.45) is 5.67. The summed E-state index contributed by atoms with van der Waals surface area (Å²) in [7, 11) is 0. The fraction of sp³-hybridized carbons (Fsp3) is 0.767. The number of carbonyl (C=O) groups excluding carboxylic acids is 1. The third kappa shape index (κ3) is 4.56. The van der Waals surface area contributed by atoms with Crippen LogP contribution in [0.15, 0.2) is 24.3 Å². The Hall–Kier alpha value is -2.03. The largest absolute Gasteiger partial charge is 0.427 e. The molecule has 1 aromatic carbocycles. The van der Waals surface area contributed by atoms with Crippen LogP contribution in [0.25, 0.3) is 0 Å². The fourth-order valence-electron chi connectivity index (χ4n) is 9.50. The van der Waals surface area contributed by atoms with E-state index in [1.807, 2.05) is 0 Å². The molecule has 0 amide bonds. The van der Waals surface area contributed by atoms with Crippen LogP contribution in [0.5, 0.6) is 5.75 Å². The molecule has 4 aliphatic rings. The molecule has 11 atom stereocenters. The third-order valence-corrected chi connectivity index (χ3v) is 11.6. The number of nitro groups is 1. The summed E-state index contributed by atoms with van der Waals surface area (Å²) < 4.78 is 5.41. The number of esters is 1. The van der Waals surface area contributed by atoms with Gasteiger partial charge >= 0.3 is 5.97 Å². The molecule has 4 fully saturated rings. The van der Waals surface area contributed by atoms with E-state index in [1.165, 1.54) is 24.3 Å². The van der Waals surface area contributed by atoms with Crippen molar-refractivity contribution in [2.75, 3.05) is 0 Å². The monoisotopic (exact) mass is 529 g/mol. The zero-order chi connectivity index (χ0) is 27.4. The second kappa shape index (κ2) is 10.2. The summed E-state index contributed by atoms with van der Waals surface area (Å²) in [6.45, 7) is 6.72. The normalized spacial score (nSPS) is 42.9. The highest BCUT2D eigenvalue weighted by atomic mass is 16.6. The summed E-state index contributed by atoms with van der Waals surface area (Å²) in [5.41, 5.74) is -0.303. The van der Waals surface area contributed by atoms with E-state index in [1.54, 1.807) is 0 Å². The first-order chi connectivity index (χ1) is 17.9. The molecule has 0 saturated heterocycles. The van der Waals surface area contributed by atoms with E-state index in [0.717, 1.165) is 38.5 Å². The number of aliphatic hydroxyl groups excluding tert-OH is 3. The fourth-order valence-corrected chi connectivity index (χ4v) is 9.50. The minimum atomic E-state index is -0.491. The van der Waals surface area contributed by atoms with Crippen molar-refractivity contribution >= 4 is 11.7 Å². The molecule has 8 heteroatoms. The highest BCUT2D eigenvalue weighted by molar-refractivity contribution is 5.72. The first-order valence-electron chi connectivity index (χ1n) is 14.4. The minimum absolute atomic E-state index is 0.0515. The second-order valence-electron chi connectivity index (χ2n) is 13.3. The number of nitrogens with zero attached hydrogens (tertiary/aromatic N) is 1. The Morgan fingerprint density at radius 3 is 2.47 bits per heavy atom. The van der Waals surface area contributed by atoms with Crippen molar-refractivity contribution < 1.29 is 29.8 Å². The number of hydrogen-bond donors (Lipinski definition) is 3. The van der Waals surface area contributed by atoms with E-state index in [0.29, 0.717) is 24.5 Å². The molecule has 0 aliphatic heterocycles. The molecule has 4 aliphatic carbocycles. The van der Waals surface area contributed by atoms with Crippen molar-refractivity contribution in [1.82, 2.24) is 0 Å². The van der Waals surface area contributed by atoms with E-state index in [-0.39, 0.29) is 64.6 Å². The van der Waals surface area contributed by atoms with Gasteiger partial charge in [0.2, 0.25) is 0 Å². The summed E-state index contributed by atoms with van der Waals surface area (Å²) in [5.74, 6) is 1.37. The number of carbonyl (C=O) groups is 1. The Morgan fingerprint density at radius 1 is 1.08 bits per heavy atom. The molecular weight excluding hydrogens is 486 g/mol. The van der Waals surface area contributed by atoms with Crippen molar-refractivity contribution in [2.24, 2.45) is 46.3 Å². The van der Waals surface area contributed by atoms with Crippen LogP contribution in [0.3, 0.4) is 0 Å². The average Bonchev–Trinajstić information content (AvgIpc) is 3.23. The quantitative estimate of drug-likeness (QED) is 0.207. The number of fused-ring (bicyclic) bond motifs is 5. The summed E-state index contributed by atoms with van der Waals surface area (Å²) in [4.78, 5) is 22.9. The van der Waals surface area contributed by atoms with E-state index in [4.69, 9.17) is 4.74 Å². The maximum Gasteiger partial charge on any atom is 0.311 e. The molecule has 8 nitrogen and oxygen atoms in total. The molecule has 4 saturated carbocycles. The maximum atomic E-state index is 12.5. The van der Waals surface area contributed by atoms with E-state index in [2.05, 4.69) is 20.8 Å². The van der Waals surface area contributed by atoms with Crippen molar-refractivity contribution in [3.05, 3.63) is 34.4 Å². The predicted octanol–water partition coefficient (Wildman–Crippen LogP) is 4.88. The molecular formula is C30H43NO7. The topological polar surface area (TPSA) is 130 Å². The minimum Gasteiger partial charge on any atom is -0.427 e. The molecule has 0 radical (unpaired) electrons. The van der Waals surface area contributed by atoms with Crippen molar-refractivity contribution in [3.8, 4) is 5.75 Å². The van der Waals surface area contributed by atoms with Gasteiger partial charge in [-0.3, -0.25) is 14.9 Å². The Balaban J connectivity index is 1.25. The van der Waals surface area contributed by atoms with Crippen LogP contribution in [-0.2, 0) is 4.79 Å². The Kier molecular flexibility index (Phi) is 7.37. The van der Waals surface area contributed by atoms with Crippen LogP contribution in [0.4, 0.5) is 5.69 Å². The molecule has 0 bridgehead atoms. The zero-order valence-electron chi connectivity index (χ0n) is 22.8.